The summed E-state index contributed by atoms with van der Waals surface area (Å²) in [6.07, 6.45) is 4.51. The van der Waals surface area contributed by atoms with E-state index in [-0.39, 0.29) is 11.3 Å². The first-order chi connectivity index (χ1) is 14.2. The number of benzene rings is 1. The summed E-state index contributed by atoms with van der Waals surface area (Å²) in [4.78, 5) is 15.4. The van der Waals surface area contributed by atoms with Crippen LogP contribution in [0.3, 0.4) is 0 Å². The van der Waals surface area contributed by atoms with E-state index in [0.717, 1.165) is 18.4 Å². The summed E-state index contributed by atoms with van der Waals surface area (Å²) in [5.41, 5.74) is 1.37. The molecule has 1 saturated heterocycles. The number of aromatic nitrogens is 1. The number of rotatable bonds is 7. The van der Waals surface area contributed by atoms with Crippen molar-refractivity contribution < 1.29 is 18.8 Å². The minimum absolute atomic E-state index is 0.0214. The van der Waals surface area contributed by atoms with E-state index in [1.54, 1.807) is 7.11 Å². The molecule has 2 fully saturated rings. The summed E-state index contributed by atoms with van der Waals surface area (Å²) < 4.78 is 16.6. The third kappa shape index (κ3) is 4.31. The normalized spacial score (nSPS) is 18.7. The van der Waals surface area contributed by atoms with Crippen LogP contribution in [0.15, 0.2) is 34.9 Å². The molecule has 29 heavy (non-hydrogen) atoms. The summed E-state index contributed by atoms with van der Waals surface area (Å²) in [6.45, 7) is 3.88. The molecule has 1 aliphatic carbocycles. The van der Waals surface area contributed by atoms with Gasteiger partial charge in [0, 0.05) is 37.7 Å². The smallest absolute Gasteiger partial charge is 0.259 e. The molecule has 0 atom stereocenters. The first-order valence-corrected chi connectivity index (χ1v) is 10.4. The third-order valence-corrected chi connectivity index (χ3v) is 5.99. The molecule has 156 valence electrons. The standard InChI is InChI=1S/C22H29N3O4/c1-27-16-22(9-5-6-10-22)15-23-21(26)18-19(17-7-3-2-4-8-17)29-24-20(18)25-11-13-28-14-12-25/h2-4,7-8H,5-6,9-16H2,1H3,(H,23,26). The van der Waals surface area contributed by atoms with Gasteiger partial charge in [0.15, 0.2) is 11.6 Å². The quantitative estimate of drug-likeness (QED) is 0.771. The Bertz CT molecular complexity index is 809. The van der Waals surface area contributed by atoms with E-state index >= 15 is 0 Å². The minimum atomic E-state index is -0.144. The highest BCUT2D eigenvalue weighted by Gasteiger charge is 2.36. The number of nitrogens with one attached hydrogen (secondary N) is 1. The predicted octanol–water partition coefficient (Wildman–Crippen LogP) is 3.11. The van der Waals surface area contributed by atoms with Crippen LogP contribution in [-0.4, -0.2) is 57.6 Å². The van der Waals surface area contributed by atoms with Crippen molar-refractivity contribution in [3.8, 4) is 11.3 Å². The summed E-state index contributed by atoms with van der Waals surface area (Å²) in [5.74, 6) is 0.961. The molecule has 1 amide bonds. The highest BCUT2D eigenvalue weighted by molar-refractivity contribution is 6.04. The molecule has 1 aliphatic heterocycles. The summed E-state index contributed by atoms with van der Waals surface area (Å²) in [6, 6.07) is 9.67. The number of morpholine rings is 1. The van der Waals surface area contributed by atoms with Gasteiger partial charge in [0.25, 0.3) is 5.91 Å². The molecule has 2 heterocycles. The maximum atomic E-state index is 13.4. The minimum Gasteiger partial charge on any atom is -0.384 e. The lowest BCUT2D eigenvalue weighted by Gasteiger charge is -2.29. The average molecular weight is 399 g/mol. The Morgan fingerprint density at radius 2 is 1.93 bits per heavy atom. The molecule has 7 heteroatoms. The number of ether oxygens (including phenoxy) is 2. The van der Waals surface area contributed by atoms with Gasteiger partial charge < -0.3 is 24.2 Å². The SMILES string of the molecule is COCC1(CNC(=O)c2c(N3CCOCC3)noc2-c2ccccc2)CCCC1. The van der Waals surface area contributed by atoms with Gasteiger partial charge in [0.1, 0.15) is 5.56 Å². The molecule has 0 unspecified atom stereocenters. The molecular weight excluding hydrogens is 370 g/mol. The van der Waals surface area contributed by atoms with E-state index in [1.807, 2.05) is 30.3 Å². The topological polar surface area (TPSA) is 76.8 Å². The zero-order valence-electron chi connectivity index (χ0n) is 17.0. The largest absolute Gasteiger partial charge is 0.384 e. The van der Waals surface area contributed by atoms with Crippen molar-refractivity contribution in [2.24, 2.45) is 5.41 Å². The highest BCUT2D eigenvalue weighted by Crippen LogP contribution is 2.38. The second-order valence-corrected chi connectivity index (χ2v) is 8.00. The Morgan fingerprint density at radius 1 is 1.21 bits per heavy atom. The fraction of sp³-hybridized carbons (Fsp3) is 0.545. The Hall–Kier alpha value is -2.38. The number of hydrogen-bond acceptors (Lipinski definition) is 6. The molecule has 0 bridgehead atoms. The van der Waals surface area contributed by atoms with Crippen molar-refractivity contribution in [3.63, 3.8) is 0 Å². The Labute approximate surface area is 171 Å². The zero-order chi connectivity index (χ0) is 20.1. The van der Waals surface area contributed by atoms with Crippen molar-refractivity contribution in [3.05, 3.63) is 35.9 Å². The Morgan fingerprint density at radius 3 is 2.62 bits per heavy atom. The second kappa shape index (κ2) is 8.97. The fourth-order valence-corrected chi connectivity index (χ4v) is 4.42. The van der Waals surface area contributed by atoms with Crippen molar-refractivity contribution in [2.45, 2.75) is 25.7 Å². The number of carbonyl (C=O) groups excluding carboxylic acids is 1. The molecule has 7 nitrogen and oxygen atoms in total. The lowest BCUT2D eigenvalue weighted by molar-refractivity contribution is 0.0740. The van der Waals surface area contributed by atoms with Gasteiger partial charge in [-0.2, -0.15) is 0 Å². The van der Waals surface area contributed by atoms with E-state index in [0.29, 0.717) is 56.6 Å². The molecule has 1 saturated carbocycles. The van der Waals surface area contributed by atoms with Crippen molar-refractivity contribution in [1.29, 1.82) is 0 Å². The monoisotopic (exact) mass is 399 g/mol. The molecule has 2 aromatic rings. The van der Waals surface area contributed by atoms with Crippen LogP contribution in [0.5, 0.6) is 0 Å². The van der Waals surface area contributed by atoms with Gasteiger partial charge in [0.2, 0.25) is 0 Å². The number of anilines is 1. The predicted molar refractivity (Wildman–Crippen MR) is 110 cm³/mol. The molecular formula is C22H29N3O4. The van der Waals surface area contributed by atoms with Gasteiger partial charge in [-0.1, -0.05) is 48.3 Å². The van der Waals surface area contributed by atoms with E-state index in [2.05, 4.69) is 15.4 Å². The first-order valence-electron chi connectivity index (χ1n) is 10.4. The van der Waals surface area contributed by atoms with Crippen LogP contribution in [0.2, 0.25) is 0 Å². The number of hydrogen-bond donors (Lipinski definition) is 1. The highest BCUT2D eigenvalue weighted by atomic mass is 16.5. The number of amides is 1. The fourth-order valence-electron chi connectivity index (χ4n) is 4.42. The molecule has 4 rings (SSSR count). The molecule has 1 N–H and O–H groups in total. The van der Waals surface area contributed by atoms with Crippen LogP contribution in [0.25, 0.3) is 11.3 Å². The third-order valence-electron chi connectivity index (χ3n) is 5.99. The summed E-state index contributed by atoms with van der Waals surface area (Å²) in [7, 11) is 1.73. The number of carbonyl (C=O) groups is 1. The van der Waals surface area contributed by atoms with Crippen LogP contribution in [0, 0.1) is 5.41 Å². The molecule has 1 aromatic carbocycles. The molecule has 0 radical (unpaired) electrons. The van der Waals surface area contributed by atoms with Crippen LogP contribution >= 0.6 is 0 Å². The van der Waals surface area contributed by atoms with Gasteiger partial charge in [-0.05, 0) is 12.8 Å². The van der Waals surface area contributed by atoms with E-state index in [1.165, 1.54) is 12.8 Å². The first kappa shape index (κ1) is 19.9. The van der Waals surface area contributed by atoms with Crippen molar-refractivity contribution >= 4 is 11.7 Å². The Balaban J connectivity index is 1.61. The number of methoxy groups -OCH3 is 1. The molecule has 2 aliphatic rings. The lowest BCUT2D eigenvalue weighted by Crippen LogP contribution is -2.40. The van der Waals surface area contributed by atoms with Gasteiger partial charge in [-0.25, -0.2) is 0 Å². The van der Waals surface area contributed by atoms with Crippen molar-refractivity contribution in [1.82, 2.24) is 10.5 Å². The van der Waals surface area contributed by atoms with Gasteiger partial charge in [-0.15, -0.1) is 0 Å². The van der Waals surface area contributed by atoms with E-state index in [4.69, 9.17) is 14.0 Å². The van der Waals surface area contributed by atoms with Gasteiger partial charge in [0.05, 0.1) is 19.8 Å². The van der Waals surface area contributed by atoms with E-state index in [9.17, 15) is 4.79 Å². The number of nitrogens with zero attached hydrogens (tertiary/aromatic N) is 2. The molecule has 1 aromatic heterocycles. The van der Waals surface area contributed by atoms with Gasteiger partial charge in [-0.3, -0.25) is 4.79 Å². The van der Waals surface area contributed by atoms with E-state index < -0.39 is 0 Å². The Kier molecular flexibility index (Phi) is 6.16. The summed E-state index contributed by atoms with van der Waals surface area (Å²) in [5, 5.41) is 7.45. The van der Waals surface area contributed by atoms with Gasteiger partial charge >= 0.3 is 0 Å². The second-order valence-electron chi connectivity index (χ2n) is 8.00. The zero-order valence-corrected chi connectivity index (χ0v) is 17.0. The van der Waals surface area contributed by atoms with Crippen LogP contribution < -0.4 is 10.2 Å². The maximum Gasteiger partial charge on any atom is 0.259 e. The molecule has 0 spiro atoms. The van der Waals surface area contributed by atoms with Crippen molar-refractivity contribution in [2.75, 3.05) is 51.5 Å². The maximum absolute atomic E-state index is 13.4. The van der Waals surface area contributed by atoms with Crippen LogP contribution in [0.4, 0.5) is 5.82 Å². The van der Waals surface area contributed by atoms with Crippen LogP contribution in [0.1, 0.15) is 36.0 Å². The lowest BCUT2D eigenvalue weighted by atomic mass is 9.87. The summed E-state index contributed by atoms with van der Waals surface area (Å²) >= 11 is 0. The van der Waals surface area contributed by atoms with Crippen LogP contribution in [-0.2, 0) is 9.47 Å². The average Bonchev–Trinajstić information content (AvgIpc) is 3.41.